The van der Waals surface area contributed by atoms with Gasteiger partial charge in [-0.2, -0.15) is 0 Å². The molecule has 0 spiro atoms. The molecule has 0 heterocycles. The van der Waals surface area contributed by atoms with E-state index in [0.29, 0.717) is 18.0 Å². The van der Waals surface area contributed by atoms with Crippen molar-refractivity contribution >= 4 is 12.2 Å². The van der Waals surface area contributed by atoms with Gasteiger partial charge in [0.1, 0.15) is 5.60 Å². The molecule has 5 nitrogen and oxygen atoms in total. The third kappa shape index (κ3) is 5.77. The Kier molecular flexibility index (Phi) is 6.09. The van der Waals surface area contributed by atoms with Crippen LogP contribution in [0, 0.1) is 0 Å². The van der Waals surface area contributed by atoms with Gasteiger partial charge in [-0.25, -0.2) is 4.79 Å². The van der Waals surface area contributed by atoms with Crippen molar-refractivity contribution in [1.29, 1.82) is 0 Å². The Bertz CT molecular complexity index is 503. The molecule has 116 valence electrons. The topological polar surface area (TPSA) is 56.8 Å². The lowest BCUT2D eigenvalue weighted by Crippen LogP contribution is -2.32. The molecule has 21 heavy (non-hydrogen) atoms. The normalized spacial score (nSPS) is 11.3. The standard InChI is InChI=1S/C16H23NO4/c1-16(2,3)21-15(18)17-11-7-9-12-8-6-10-13(19-4)14(12)20-5/h6-10H,11H2,1-5H3,(H,17,18). The highest BCUT2D eigenvalue weighted by molar-refractivity contribution is 5.68. The molecule has 0 saturated carbocycles. The molecule has 0 aliphatic heterocycles. The highest BCUT2D eigenvalue weighted by Gasteiger charge is 2.15. The minimum absolute atomic E-state index is 0.370. The van der Waals surface area contributed by atoms with Crippen LogP contribution in [-0.4, -0.2) is 32.5 Å². The van der Waals surface area contributed by atoms with E-state index in [4.69, 9.17) is 14.2 Å². The summed E-state index contributed by atoms with van der Waals surface area (Å²) in [5.41, 5.74) is 0.381. The predicted molar refractivity (Wildman–Crippen MR) is 82.8 cm³/mol. The summed E-state index contributed by atoms with van der Waals surface area (Å²) in [6.45, 7) is 5.84. The summed E-state index contributed by atoms with van der Waals surface area (Å²) < 4.78 is 15.7. The van der Waals surface area contributed by atoms with Crippen LogP contribution in [0.15, 0.2) is 24.3 Å². The molecule has 1 rings (SSSR count). The average Bonchev–Trinajstić information content (AvgIpc) is 2.41. The maximum Gasteiger partial charge on any atom is 0.407 e. The van der Waals surface area contributed by atoms with Gasteiger partial charge in [-0.15, -0.1) is 0 Å². The Morgan fingerprint density at radius 3 is 2.52 bits per heavy atom. The molecule has 5 heteroatoms. The Labute approximate surface area is 125 Å². The van der Waals surface area contributed by atoms with Crippen molar-refractivity contribution in [2.75, 3.05) is 20.8 Å². The number of ether oxygens (including phenoxy) is 3. The molecule has 0 fully saturated rings. The lowest BCUT2D eigenvalue weighted by molar-refractivity contribution is 0.0534. The van der Waals surface area contributed by atoms with Crippen LogP contribution in [0.5, 0.6) is 11.5 Å². The zero-order valence-electron chi connectivity index (χ0n) is 13.2. The molecular formula is C16H23NO4. The van der Waals surface area contributed by atoms with Crippen molar-refractivity contribution in [3.63, 3.8) is 0 Å². The quantitative estimate of drug-likeness (QED) is 0.905. The van der Waals surface area contributed by atoms with Gasteiger partial charge in [0.25, 0.3) is 0 Å². The Morgan fingerprint density at radius 1 is 1.24 bits per heavy atom. The third-order valence-corrected chi connectivity index (χ3v) is 2.49. The number of benzene rings is 1. The van der Waals surface area contributed by atoms with E-state index in [1.165, 1.54) is 0 Å². The molecular weight excluding hydrogens is 270 g/mol. The van der Waals surface area contributed by atoms with Gasteiger partial charge in [0, 0.05) is 12.1 Å². The number of rotatable bonds is 5. The van der Waals surface area contributed by atoms with Gasteiger partial charge in [0.2, 0.25) is 0 Å². The summed E-state index contributed by atoms with van der Waals surface area (Å²) >= 11 is 0. The second kappa shape index (κ2) is 7.57. The molecule has 0 aromatic heterocycles. The third-order valence-electron chi connectivity index (χ3n) is 2.49. The van der Waals surface area contributed by atoms with E-state index >= 15 is 0 Å². The van der Waals surface area contributed by atoms with Gasteiger partial charge < -0.3 is 19.5 Å². The van der Waals surface area contributed by atoms with Gasteiger partial charge >= 0.3 is 6.09 Å². The van der Waals surface area contributed by atoms with Crippen LogP contribution in [0.2, 0.25) is 0 Å². The van der Waals surface area contributed by atoms with Crippen LogP contribution in [0.1, 0.15) is 26.3 Å². The van der Waals surface area contributed by atoms with Gasteiger partial charge in [-0.1, -0.05) is 24.3 Å². The van der Waals surface area contributed by atoms with E-state index in [1.807, 2.05) is 51.1 Å². The molecule has 0 aliphatic carbocycles. The van der Waals surface area contributed by atoms with E-state index in [0.717, 1.165) is 5.56 Å². The number of para-hydroxylation sites is 1. The zero-order chi connectivity index (χ0) is 15.9. The Morgan fingerprint density at radius 2 is 1.95 bits per heavy atom. The van der Waals surface area contributed by atoms with Gasteiger partial charge in [0.05, 0.1) is 14.2 Å². The fraction of sp³-hybridized carbons (Fsp3) is 0.438. The number of methoxy groups -OCH3 is 2. The van der Waals surface area contributed by atoms with E-state index < -0.39 is 11.7 Å². The van der Waals surface area contributed by atoms with Crippen LogP contribution in [0.25, 0.3) is 6.08 Å². The van der Waals surface area contributed by atoms with Gasteiger partial charge in [-0.05, 0) is 26.8 Å². The summed E-state index contributed by atoms with van der Waals surface area (Å²) in [7, 11) is 3.18. The molecule has 0 unspecified atom stereocenters. The van der Waals surface area contributed by atoms with Crippen LogP contribution < -0.4 is 14.8 Å². The van der Waals surface area contributed by atoms with Gasteiger partial charge in [-0.3, -0.25) is 0 Å². The molecule has 1 N–H and O–H groups in total. The summed E-state index contributed by atoms with van der Waals surface area (Å²) in [4.78, 5) is 11.5. The van der Waals surface area contributed by atoms with Crippen LogP contribution >= 0.6 is 0 Å². The SMILES string of the molecule is COc1cccc(C=CCNC(=O)OC(C)(C)C)c1OC. The minimum Gasteiger partial charge on any atom is -0.493 e. The first-order chi connectivity index (χ1) is 9.87. The van der Waals surface area contributed by atoms with E-state index in [-0.39, 0.29) is 0 Å². The average molecular weight is 293 g/mol. The lowest BCUT2D eigenvalue weighted by atomic mass is 10.1. The first-order valence-electron chi connectivity index (χ1n) is 6.71. The number of carbonyl (C=O) groups is 1. The molecule has 0 bridgehead atoms. The van der Waals surface area contributed by atoms with E-state index in [1.54, 1.807) is 14.2 Å². The number of nitrogens with one attached hydrogen (secondary N) is 1. The van der Waals surface area contributed by atoms with Crippen LogP contribution in [0.3, 0.4) is 0 Å². The van der Waals surface area contributed by atoms with Crippen molar-refractivity contribution in [2.24, 2.45) is 0 Å². The highest BCUT2D eigenvalue weighted by Crippen LogP contribution is 2.31. The molecule has 1 aromatic carbocycles. The number of amides is 1. The lowest BCUT2D eigenvalue weighted by Gasteiger charge is -2.19. The second-order valence-electron chi connectivity index (χ2n) is 5.37. The van der Waals surface area contributed by atoms with Crippen molar-refractivity contribution in [2.45, 2.75) is 26.4 Å². The minimum atomic E-state index is -0.496. The smallest absolute Gasteiger partial charge is 0.407 e. The van der Waals surface area contributed by atoms with Crippen molar-refractivity contribution in [3.05, 3.63) is 29.8 Å². The summed E-state index contributed by atoms with van der Waals surface area (Å²) in [5, 5.41) is 2.66. The number of hydrogen-bond donors (Lipinski definition) is 1. The molecule has 0 saturated heterocycles. The molecule has 0 aliphatic rings. The first-order valence-corrected chi connectivity index (χ1v) is 6.71. The van der Waals surface area contributed by atoms with Crippen LogP contribution in [-0.2, 0) is 4.74 Å². The number of hydrogen-bond acceptors (Lipinski definition) is 4. The van der Waals surface area contributed by atoms with Crippen molar-refractivity contribution < 1.29 is 19.0 Å². The largest absolute Gasteiger partial charge is 0.493 e. The fourth-order valence-corrected chi connectivity index (χ4v) is 1.69. The van der Waals surface area contributed by atoms with E-state index in [9.17, 15) is 4.79 Å². The molecule has 0 radical (unpaired) electrons. The first kappa shape index (κ1) is 16.9. The fourth-order valence-electron chi connectivity index (χ4n) is 1.69. The van der Waals surface area contributed by atoms with Crippen molar-refractivity contribution in [1.82, 2.24) is 5.32 Å². The summed E-state index contributed by atoms with van der Waals surface area (Å²) in [6, 6.07) is 5.61. The predicted octanol–water partition coefficient (Wildman–Crippen LogP) is 3.24. The van der Waals surface area contributed by atoms with E-state index in [2.05, 4.69) is 5.32 Å². The molecule has 0 atom stereocenters. The number of alkyl carbamates (subject to hydrolysis) is 1. The Hall–Kier alpha value is -2.17. The second-order valence-corrected chi connectivity index (χ2v) is 5.37. The molecule has 1 amide bonds. The van der Waals surface area contributed by atoms with Crippen LogP contribution in [0.4, 0.5) is 4.79 Å². The zero-order valence-corrected chi connectivity index (χ0v) is 13.2. The monoisotopic (exact) mass is 293 g/mol. The summed E-state index contributed by atoms with van der Waals surface area (Å²) in [6.07, 6.45) is 3.24. The highest BCUT2D eigenvalue weighted by atomic mass is 16.6. The summed E-state index contributed by atoms with van der Waals surface area (Å²) in [5.74, 6) is 1.33. The maximum atomic E-state index is 11.5. The number of carbonyl (C=O) groups excluding carboxylic acids is 1. The van der Waals surface area contributed by atoms with Crippen molar-refractivity contribution in [3.8, 4) is 11.5 Å². The molecule has 1 aromatic rings. The van der Waals surface area contributed by atoms with Gasteiger partial charge in [0.15, 0.2) is 11.5 Å². The maximum absolute atomic E-state index is 11.5. The Balaban J connectivity index is 2.60.